The normalized spacial score (nSPS) is 14.6. The molecule has 0 saturated carbocycles. The second-order valence-corrected chi connectivity index (χ2v) is 6.97. The number of hydrogen-bond donors (Lipinski definition) is 2. The van der Waals surface area contributed by atoms with E-state index in [4.69, 9.17) is 14.2 Å². The molecule has 1 heterocycles. The summed E-state index contributed by atoms with van der Waals surface area (Å²) in [6.07, 6.45) is 5.49. The lowest BCUT2D eigenvalue weighted by Crippen LogP contribution is -2.30. The van der Waals surface area contributed by atoms with Crippen LogP contribution in [0.5, 0.6) is 17.2 Å². The lowest BCUT2D eigenvalue weighted by Gasteiger charge is -2.22. The average molecular weight is 396 g/mol. The van der Waals surface area contributed by atoms with Crippen molar-refractivity contribution in [1.82, 2.24) is 5.32 Å². The Balaban J connectivity index is 1.55. The van der Waals surface area contributed by atoms with Gasteiger partial charge < -0.3 is 24.8 Å². The maximum atomic E-state index is 12.3. The Labute approximate surface area is 171 Å². The van der Waals surface area contributed by atoms with Gasteiger partial charge in [0.1, 0.15) is 5.75 Å². The first kappa shape index (κ1) is 20.7. The monoisotopic (exact) mass is 396 g/mol. The van der Waals surface area contributed by atoms with Crippen molar-refractivity contribution in [2.45, 2.75) is 12.8 Å². The molecule has 1 fully saturated rings. The molecule has 0 atom stereocenters. The molecule has 0 aliphatic carbocycles. The molecule has 2 N–H and O–H groups in total. The molecule has 0 aromatic heterocycles. The van der Waals surface area contributed by atoms with Crippen LogP contribution < -0.4 is 24.8 Å². The van der Waals surface area contributed by atoms with Crippen molar-refractivity contribution >= 4 is 17.7 Å². The fourth-order valence-corrected chi connectivity index (χ4v) is 3.24. The number of nitrogens with one attached hydrogen (secondary N) is 2. The fraction of sp³-hybridized carbons (Fsp3) is 0.348. The van der Waals surface area contributed by atoms with Crippen LogP contribution in [-0.4, -0.2) is 39.8 Å². The smallest absolute Gasteiger partial charge is 0.248 e. The molecule has 1 aliphatic rings. The predicted octanol–water partition coefficient (Wildman–Crippen LogP) is 3.73. The molecular weight excluding hydrogens is 368 g/mol. The van der Waals surface area contributed by atoms with Crippen LogP contribution in [0.15, 0.2) is 48.5 Å². The van der Waals surface area contributed by atoms with Crippen molar-refractivity contribution in [2.24, 2.45) is 5.92 Å². The molecule has 0 radical (unpaired) electrons. The third-order valence-electron chi connectivity index (χ3n) is 4.88. The summed E-state index contributed by atoms with van der Waals surface area (Å²) in [5, 5.41) is 6.23. The van der Waals surface area contributed by atoms with Crippen LogP contribution in [0.3, 0.4) is 0 Å². The first-order valence-corrected chi connectivity index (χ1v) is 9.82. The lowest BCUT2D eigenvalue weighted by atomic mass is 9.99. The Hall–Kier alpha value is -2.99. The number of ether oxygens (including phenoxy) is 3. The van der Waals surface area contributed by atoms with E-state index in [-0.39, 0.29) is 5.91 Å². The number of hydrogen-bond acceptors (Lipinski definition) is 5. The van der Waals surface area contributed by atoms with Crippen molar-refractivity contribution in [3.8, 4) is 17.2 Å². The summed E-state index contributed by atoms with van der Waals surface area (Å²) >= 11 is 0. The van der Waals surface area contributed by atoms with Gasteiger partial charge in [-0.1, -0.05) is 12.1 Å². The Morgan fingerprint density at radius 3 is 2.66 bits per heavy atom. The number of anilines is 1. The molecule has 1 amide bonds. The van der Waals surface area contributed by atoms with E-state index >= 15 is 0 Å². The molecule has 0 unspecified atom stereocenters. The van der Waals surface area contributed by atoms with Crippen molar-refractivity contribution in [3.63, 3.8) is 0 Å². The van der Waals surface area contributed by atoms with E-state index in [0.29, 0.717) is 29.7 Å². The van der Waals surface area contributed by atoms with E-state index in [1.165, 1.54) is 6.08 Å². The second-order valence-electron chi connectivity index (χ2n) is 6.97. The van der Waals surface area contributed by atoms with Gasteiger partial charge in [0.2, 0.25) is 5.91 Å². The molecule has 6 heteroatoms. The van der Waals surface area contributed by atoms with E-state index in [0.717, 1.165) is 37.2 Å². The SMILES string of the molecule is COc1ccc(/C=C/C(=O)Nc2cccc(OCC3CCNCC3)c2)cc1OC. The molecule has 1 saturated heterocycles. The van der Waals surface area contributed by atoms with E-state index < -0.39 is 0 Å². The summed E-state index contributed by atoms with van der Waals surface area (Å²) in [5.41, 5.74) is 1.55. The zero-order chi connectivity index (χ0) is 20.5. The third kappa shape index (κ3) is 6.26. The highest BCUT2D eigenvalue weighted by atomic mass is 16.5. The Kier molecular flexibility index (Phi) is 7.53. The Morgan fingerprint density at radius 2 is 1.90 bits per heavy atom. The topological polar surface area (TPSA) is 68.8 Å². The number of methoxy groups -OCH3 is 2. The highest BCUT2D eigenvalue weighted by Crippen LogP contribution is 2.28. The second kappa shape index (κ2) is 10.5. The average Bonchev–Trinajstić information content (AvgIpc) is 2.77. The molecule has 3 rings (SSSR count). The standard InChI is InChI=1S/C23H28N2O4/c1-27-21-8-6-17(14-22(21)28-2)7-9-23(26)25-19-4-3-5-20(15-19)29-16-18-10-12-24-13-11-18/h3-9,14-15,18,24H,10-13,16H2,1-2H3,(H,25,26)/b9-7+. The molecule has 29 heavy (non-hydrogen) atoms. The van der Waals surface area contributed by atoms with Crippen LogP contribution in [0.25, 0.3) is 6.08 Å². The summed E-state index contributed by atoms with van der Waals surface area (Å²) in [7, 11) is 3.17. The number of amides is 1. The molecule has 1 aliphatic heterocycles. The van der Waals surface area contributed by atoms with Gasteiger partial charge in [-0.05, 0) is 67.8 Å². The zero-order valence-corrected chi connectivity index (χ0v) is 16.9. The van der Waals surface area contributed by atoms with Crippen molar-refractivity contribution in [3.05, 3.63) is 54.1 Å². The molecule has 154 valence electrons. The molecule has 2 aromatic rings. The van der Waals surface area contributed by atoms with E-state index in [1.54, 1.807) is 26.4 Å². The maximum Gasteiger partial charge on any atom is 0.248 e. The number of carbonyl (C=O) groups excluding carboxylic acids is 1. The lowest BCUT2D eigenvalue weighted by molar-refractivity contribution is -0.111. The number of carbonyl (C=O) groups is 1. The van der Waals surface area contributed by atoms with Crippen molar-refractivity contribution in [1.29, 1.82) is 0 Å². The number of benzene rings is 2. The Morgan fingerprint density at radius 1 is 1.10 bits per heavy atom. The van der Waals surface area contributed by atoms with Gasteiger partial charge in [-0.25, -0.2) is 0 Å². The largest absolute Gasteiger partial charge is 0.493 e. The van der Waals surface area contributed by atoms with Gasteiger partial charge in [0.25, 0.3) is 0 Å². The first-order valence-electron chi connectivity index (χ1n) is 9.82. The minimum atomic E-state index is -0.213. The fourth-order valence-electron chi connectivity index (χ4n) is 3.24. The number of rotatable bonds is 8. The quantitative estimate of drug-likeness (QED) is 0.666. The highest BCUT2D eigenvalue weighted by molar-refractivity contribution is 6.02. The van der Waals surface area contributed by atoms with Crippen LogP contribution in [0.1, 0.15) is 18.4 Å². The van der Waals surface area contributed by atoms with Crippen LogP contribution >= 0.6 is 0 Å². The molecule has 0 bridgehead atoms. The van der Waals surface area contributed by atoms with Gasteiger partial charge in [-0.15, -0.1) is 0 Å². The predicted molar refractivity (Wildman–Crippen MR) is 115 cm³/mol. The van der Waals surface area contributed by atoms with Crippen LogP contribution in [0, 0.1) is 5.92 Å². The van der Waals surface area contributed by atoms with Gasteiger partial charge in [0, 0.05) is 17.8 Å². The van der Waals surface area contributed by atoms with Crippen LogP contribution in [-0.2, 0) is 4.79 Å². The summed E-state index contributed by atoms with van der Waals surface area (Å²) in [5.74, 6) is 2.41. The first-order chi connectivity index (χ1) is 14.2. The zero-order valence-electron chi connectivity index (χ0n) is 16.9. The molecule has 2 aromatic carbocycles. The van der Waals surface area contributed by atoms with Crippen LogP contribution in [0.2, 0.25) is 0 Å². The molecular formula is C23H28N2O4. The molecule has 6 nitrogen and oxygen atoms in total. The van der Waals surface area contributed by atoms with Crippen molar-refractivity contribution < 1.29 is 19.0 Å². The van der Waals surface area contributed by atoms with E-state index in [1.807, 2.05) is 36.4 Å². The summed E-state index contributed by atoms with van der Waals surface area (Å²) in [4.78, 5) is 12.3. The summed E-state index contributed by atoms with van der Waals surface area (Å²) < 4.78 is 16.4. The van der Waals surface area contributed by atoms with E-state index in [2.05, 4.69) is 10.6 Å². The summed E-state index contributed by atoms with van der Waals surface area (Å²) in [6, 6.07) is 13.0. The number of piperidine rings is 1. The minimum absolute atomic E-state index is 0.213. The summed E-state index contributed by atoms with van der Waals surface area (Å²) in [6.45, 7) is 2.81. The maximum absolute atomic E-state index is 12.3. The van der Waals surface area contributed by atoms with E-state index in [9.17, 15) is 4.79 Å². The van der Waals surface area contributed by atoms with Gasteiger partial charge in [-0.2, -0.15) is 0 Å². The van der Waals surface area contributed by atoms with Gasteiger partial charge >= 0.3 is 0 Å². The van der Waals surface area contributed by atoms with Gasteiger partial charge in [0.15, 0.2) is 11.5 Å². The third-order valence-corrected chi connectivity index (χ3v) is 4.88. The highest BCUT2D eigenvalue weighted by Gasteiger charge is 2.13. The van der Waals surface area contributed by atoms with Gasteiger partial charge in [-0.3, -0.25) is 4.79 Å². The molecule has 0 spiro atoms. The van der Waals surface area contributed by atoms with Crippen molar-refractivity contribution in [2.75, 3.05) is 39.2 Å². The van der Waals surface area contributed by atoms with Crippen LogP contribution in [0.4, 0.5) is 5.69 Å². The minimum Gasteiger partial charge on any atom is -0.493 e. The van der Waals surface area contributed by atoms with Gasteiger partial charge in [0.05, 0.1) is 20.8 Å². The Bertz CT molecular complexity index is 845.